The van der Waals surface area contributed by atoms with Gasteiger partial charge in [0.25, 0.3) is 5.91 Å². The van der Waals surface area contributed by atoms with Crippen LogP contribution in [-0.4, -0.2) is 59.6 Å². The molecule has 2 aliphatic heterocycles. The summed E-state index contributed by atoms with van der Waals surface area (Å²) < 4.78 is 0. The lowest BCUT2D eigenvalue weighted by Gasteiger charge is -2.47. The maximum absolute atomic E-state index is 13.4. The third kappa shape index (κ3) is 3.47. The summed E-state index contributed by atoms with van der Waals surface area (Å²) in [6.45, 7) is 2.87. The van der Waals surface area contributed by atoms with Crippen LogP contribution in [0.25, 0.3) is 0 Å². The molecule has 4 rings (SSSR count). The van der Waals surface area contributed by atoms with Crippen LogP contribution in [0.1, 0.15) is 36.8 Å². The molecule has 2 saturated heterocycles. The van der Waals surface area contributed by atoms with Gasteiger partial charge in [0, 0.05) is 31.6 Å². The summed E-state index contributed by atoms with van der Waals surface area (Å²) in [6, 6.07) is 21.1. The van der Waals surface area contributed by atoms with Gasteiger partial charge in [-0.3, -0.25) is 4.79 Å². The first-order chi connectivity index (χ1) is 13.5. The standard InChI is InChI=1S/C24H30N2O2/c1-25-17-14-24(28,15-18-25)22(27)26-16-8-13-23(19-26,20-9-4-2-5-10-20)21-11-6-3-7-12-21/h2-7,9-12,28H,8,13-19H2,1H3. The highest BCUT2D eigenvalue weighted by atomic mass is 16.3. The minimum Gasteiger partial charge on any atom is -0.380 e. The Hall–Kier alpha value is -2.17. The van der Waals surface area contributed by atoms with Gasteiger partial charge >= 0.3 is 0 Å². The quantitative estimate of drug-likeness (QED) is 0.893. The van der Waals surface area contributed by atoms with E-state index in [9.17, 15) is 9.90 Å². The fraction of sp³-hybridized carbons (Fsp3) is 0.458. The van der Waals surface area contributed by atoms with E-state index in [1.54, 1.807) is 0 Å². The Morgan fingerprint density at radius 3 is 1.93 bits per heavy atom. The van der Waals surface area contributed by atoms with Crippen LogP contribution in [0.15, 0.2) is 60.7 Å². The molecule has 0 bridgehead atoms. The first-order valence-electron chi connectivity index (χ1n) is 10.3. The molecule has 0 atom stereocenters. The lowest BCUT2D eigenvalue weighted by molar-refractivity contribution is -0.158. The number of piperidine rings is 2. The fourth-order valence-electron chi connectivity index (χ4n) is 4.88. The molecule has 0 saturated carbocycles. The lowest BCUT2D eigenvalue weighted by Crippen LogP contribution is -2.58. The van der Waals surface area contributed by atoms with Gasteiger partial charge in [-0.05, 0) is 43.9 Å². The van der Waals surface area contributed by atoms with E-state index < -0.39 is 5.60 Å². The minimum atomic E-state index is -1.22. The SMILES string of the molecule is CN1CCC(O)(C(=O)N2CCCC(c3ccccc3)(c3ccccc3)C2)CC1. The molecule has 148 valence electrons. The van der Waals surface area contributed by atoms with Crippen LogP contribution in [0.3, 0.4) is 0 Å². The van der Waals surface area contributed by atoms with Crippen molar-refractivity contribution in [2.45, 2.75) is 36.7 Å². The molecule has 1 N–H and O–H groups in total. The molecule has 28 heavy (non-hydrogen) atoms. The van der Waals surface area contributed by atoms with Crippen molar-refractivity contribution in [3.05, 3.63) is 71.8 Å². The highest BCUT2D eigenvalue weighted by Crippen LogP contribution is 2.41. The van der Waals surface area contributed by atoms with Crippen LogP contribution in [0.5, 0.6) is 0 Å². The molecule has 2 aromatic carbocycles. The number of nitrogens with zero attached hydrogens (tertiary/aromatic N) is 2. The van der Waals surface area contributed by atoms with Gasteiger partial charge in [0.2, 0.25) is 0 Å². The molecule has 1 amide bonds. The van der Waals surface area contributed by atoms with Crippen LogP contribution < -0.4 is 0 Å². The van der Waals surface area contributed by atoms with Crippen LogP contribution in [0.4, 0.5) is 0 Å². The number of amides is 1. The maximum Gasteiger partial charge on any atom is 0.254 e. The topological polar surface area (TPSA) is 43.8 Å². The van der Waals surface area contributed by atoms with Gasteiger partial charge in [0.1, 0.15) is 5.60 Å². The van der Waals surface area contributed by atoms with E-state index in [2.05, 4.69) is 53.4 Å². The van der Waals surface area contributed by atoms with E-state index in [4.69, 9.17) is 0 Å². The zero-order valence-electron chi connectivity index (χ0n) is 16.7. The second-order valence-corrected chi connectivity index (χ2v) is 8.48. The van der Waals surface area contributed by atoms with Crippen molar-refractivity contribution >= 4 is 5.91 Å². The Labute approximate surface area is 167 Å². The van der Waals surface area contributed by atoms with E-state index in [-0.39, 0.29) is 11.3 Å². The summed E-state index contributed by atoms with van der Waals surface area (Å²) in [4.78, 5) is 17.5. The molecule has 4 heteroatoms. The van der Waals surface area contributed by atoms with Crippen LogP contribution in [-0.2, 0) is 10.2 Å². The van der Waals surface area contributed by atoms with Gasteiger partial charge in [-0.2, -0.15) is 0 Å². The summed E-state index contributed by atoms with van der Waals surface area (Å²) in [5, 5.41) is 11.1. The summed E-state index contributed by atoms with van der Waals surface area (Å²) in [7, 11) is 2.04. The summed E-state index contributed by atoms with van der Waals surface area (Å²) in [5.74, 6) is -0.0865. The minimum absolute atomic E-state index is 0.0865. The fourth-order valence-corrected chi connectivity index (χ4v) is 4.88. The number of carbonyl (C=O) groups excluding carboxylic acids is 1. The predicted octanol–water partition coefficient (Wildman–Crippen LogP) is 3.05. The molecule has 4 nitrogen and oxygen atoms in total. The average molecular weight is 379 g/mol. The number of aliphatic hydroxyl groups is 1. The van der Waals surface area contributed by atoms with Gasteiger partial charge in [-0.15, -0.1) is 0 Å². The maximum atomic E-state index is 13.4. The molecule has 0 unspecified atom stereocenters. The predicted molar refractivity (Wildman–Crippen MR) is 111 cm³/mol. The van der Waals surface area contributed by atoms with Crippen LogP contribution >= 0.6 is 0 Å². The second-order valence-electron chi connectivity index (χ2n) is 8.48. The number of carbonyl (C=O) groups is 1. The van der Waals surface area contributed by atoms with Crippen molar-refractivity contribution in [3.8, 4) is 0 Å². The number of likely N-dealkylation sites (tertiary alicyclic amines) is 2. The third-order valence-corrected chi connectivity index (χ3v) is 6.64. The molecule has 0 spiro atoms. The monoisotopic (exact) mass is 378 g/mol. The lowest BCUT2D eigenvalue weighted by atomic mass is 9.69. The molecule has 2 heterocycles. The van der Waals surface area contributed by atoms with Crippen LogP contribution in [0.2, 0.25) is 0 Å². The summed E-state index contributed by atoms with van der Waals surface area (Å²) in [6.07, 6.45) is 2.97. The normalized spacial score (nSPS) is 22.0. The Bertz CT molecular complexity index is 758. The number of hydrogen-bond donors (Lipinski definition) is 1. The second kappa shape index (κ2) is 7.69. The molecule has 2 fully saturated rings. The first kappa shape index (κ1) is 19.2. The largest absolute Gasteiger partial charge is 0.380 e. The van der Waals surface area contributed by atoms with Crippen molar-refractivity contribution in [2.24, 2.45) is 0 Å². The van der Waals surface area contributed by atoms with E-state index >= 15 is 0 Å². The Morgan fingerprint density at radius 2 is 1.39 bits per heavy atom. The van der Waals surface area contributed by atoms with Crippen molar-refractivity contribution < 1.29 is 9.90 Å². The Kier molecular flexibility index (Phi) is 5.26. The van der Waals surface area contributed by atoms with Crippen molar-refractivity contribution in [1.29, 1.82) is 0 Å². The number of hydrogen-bond acceptors (Lipinski definition) is 3. The molecule has 0 radical (unpaired) electrons. The zero-order chi connectivity index (χ0) is 19.6. The summed E-state index contributed by atoms with van der Waals surface area (Å²) in [5.41, 5.74) is 1.05. The molecule has 2 aromatic rings. The van der Waals surface area contributed by atoms with E-state index in [1.165, 1.54) is 11.1 Å². The van der Waals surface area contributed by atoms with E-state index in [0.717, 1.165) is 32.5 Å². The molecular formula is C24H30N2O2. The van der Waals surface area contributed by atoms with Gasteiger partial charge in [0.05, 0.1) is 0 Å². The zero-order valence-corrected chi connectivity index (χ0v) is 16.7. The highest BCUT2D eigenvalue weighted by molar-refractivity contribution is 5.85. The van der Waals surface area contributed by atoms with Gasteiger partial charge in [-0.25, -0.2) is 0 Å². The number of benzene rings is 2. The Balaban J connectivity index is 1.67. The smallest absolute Gasteiger partial charge is 0.254 e. The van der Waals surface area contributed by atoms with Gasteiger partial charge in [0.15, 0.2) is 0 Å². The molecular weight excluding hydrogens is 348 g/mol. The molecule has 2 aliphatic rings. The summed E-state index contributed by atoms with van der Waals surface area (Å²) >= 11 is 0. The van der Waals surface area contributed by atoms with Crippen molar-refractivity contribution in [3.63, 3.8) is 0 Å². The first-order valence-corrected chi connectivity index (χ1v) is 10.3. The average Bonchev–Trinajstić information content (AvgIpc) is 2.76. The van der Waals surface area contributed by atoms with Crippen molar-refractivity contribution in [1.82, 2.24) is 9.80 Å². The molecule has 0 aromatic heterocycles. The van der Waals surface area contributed by atoms with Gasteiger partial charge < -0.3 is 14.9 Å². The van der Waals surface area contributed by atoms with Gasteiger partial charge in [-0.1, -0.05) is 60.7 Å². The van der Waals surface area contributed by atoms with E-state index in [1.807, 2.05) is 24.1 Å². The van der Waals surface area contributed by atoms with Crippen molar-refractivity contribution in [2.75, 3.05) is 33.2 Å². The highest BCUT2D eigenvalue weighted by Gasteiger charge is 2.46. The number of rotatable bonds is 3. The van der Waals surface area contributed by atoms with E-state index in [0.29, 0.717) is 19.4 Å². The third-order valence-electron chi connectivity index (χ3n) is 6.64. The van der Waals surface area contributed by atoms with Crippen LogP contribution in [0, 0.1) is 0 Å². The Morgan fingerprint density at radius 1 is 0.857 bits per heavy atom. The molecule has 0 aliphatic carbocycles.